The number of rotatable bonds is 6. The van der Waals surface area contributed by atoms with E-state index in [-0.39, 0.29) is 11.3 Å². The van der Waals surface area contributed by atoms with Gasteiger partial charge in [0.2, 0.25) is 6.41 Å². The van der Waals surface area contributed by atoms with Crippen LogP contribution in [0.2, 0.25) is 0 Å². The Bertz CT molecular complexity index is 1070. The van der Waals surface area contributed by atoms with Gasteiger partial charge in [0.25, 0.3) is 5.91 Å². The van der Waals surface area contributed by atoms with Crippen molar-refractivity contribution in [2.45, 2.75) is 26.2 Å². The van der Waals surface area contributed by atoms with E-state index in [4.69, 9.17) is 4.74 Å². The number of ether oxygens (including phenoxy) is 1. The first kappa shape index (κ1) is 21.0. The van der Waals surface area contributed by atoms with Crippen LogP contribution < -0.4 is 20.1 Å². The van der Waals surface area contributed by atoms with E-state index < -0.39 is 0 Å². The molecule has 0 radical (unpaired) electrons. The van der Waals surface area contributed by atoms with Crippen molar-refractivity contribution in [2.75, 3.05) is 22.5 Å². The van der Waals surface area contributed by atoms with Gasteiger partial charge in [-0.2, -0.15) is 0 Å². The van der Waals surface area contributed by atoms with E-state index in [1.54, 1.807) is 19.2 Å². The van der Waals surface area contributed by atoms with Gasteiger partial charge in [-0.3, -0.25) is 9.59 Å². The van der Waals surface area contributed by atoms with Crippen LogP contribution in [-0.4, -0.2) is 19.4 Å². The van der Waals surface area contributed by atoms with Gasteiger partial charge in [-0.05, 0) is 41.3 Å². The number of hydrogen-bond donors (Lipinski definition) is 4. The molecule has 3 rings (SSSR count). The number of benzene rings is 2. The molecule has 0 saturated heterocycles. The van der Waals surface area contributed by atoms with Crippen molar-refractivity contribution in [1.82, 2.24) is 0 Å². The average Bonchev–Trinajstić information content (AvgIpc) is 3.12. The van der Waals surface area contributed by atoms with Crippen LogP contribution in [-0.2, 0) is 10.2 Å². The van der Waals surface area contributed by atoms with Gasteiger partial charge in [-0.25, -0.2) is 0 Å². The van der Waals surface area contributed by atoms with E-state index in [9.17, 15) is 9.59 Å². The number of carbonyl (C=O) groups is 2. The highest BCUT2D eigenvalue weighted by molar-refractivity contribution is 7.81. The molecule has 0 aliphatic carbocycles. The summed E-state index contributed by atoms with van der Waals surface area (Å²) in [5.41, 5.74) is 2.80. The molecule has 0 aliphatic heterocycles. The lowest BCUT2D eigenvalue weighted by Gasteiger charge is -2.23. The van der Waals surface area contributed by atoms with Crippen LogP contribution in [0.5, 0.6) is 5.75 Å². The van der Waals surface area contributed by atoms with Gasteiger partial charge in [0, 0.05) is 15.8 Å². The predicted molar refractivity (Wildman–Crippen MR) is 124 cm³/mol. The SMILES string of the molecule is COc1c(NS)cc(C(C)(C)C)cc1NC(=O)c1cc2c(NC=O)cccc2s1. The summed E-state index contributed by atoms with van der Waals surface area (Å²) in [6.07, 6.45) is 0.626. The van der Waals surface area contributed by atoms with Crippen LogP contribution >= 0.6 is 24.2 Å². The molecular formula is C21H23N3O3S2. The van der Waals surface area contributed by atoms with Crippen LogP contribution in [0.15, 0.2) is 36.4 Å². The molecule has 8 heteroatoms. The predicted octanol–water partition coefficient (Wildman–Crippen LogP) is 5.28. The highest BCUT2D eigenvalue weighted by Gasteiger charge is 2.21. The third kappa shape index (κ3) is 4.33. The van der Waals surface area contributed by atoms with E-state index in [1.165, 1.54) is 11.3 Å². The standard InChI is InChI=1S/C21H23N3O3S2/c1-21(2,3)12-8-15(19(27-4)16(9-12)24-28)23-20(26)18-10-13-14(22-11-25)6-5-7-17(13)29-18/h5-11,24,28H,1-4H3,(H,22,25)(H,23,26). The number of fused-ring (bicyclic) bond motifs is 1. The fourth-order valence-electron chi connectivity index (χ4n) is 3.00. The second-order valence-corrected chi connectivity index (χ2v) is 8.82. The molecule has 1 aromatic heterocycles. The highest BCUT2D eigenvalue weighted by Crippen LogP contribution is 2.39. The lowest BCUT2D eigenvalue weighted by atomic mass is 9.86. The lowest BCUT2D eigenvalue weighted by Crippen LogP contribution is -2.15. The van der Waals surface area contributed by atoms with Crippen LogP contribution in [0, 0.1) is 0 Å². The Morgan fingerprint density at radius 2 is 1.86 bits per heavy atom. The van der Waals surface area contributed by atoms with E-state index in [0.29, 0.717) is 34.1 Å². The molecule has 0 atom stereocenters. The number of hydrogen-bond acceptors (Lipinski definition) is 6. The summed E-state index contributed by atoms with van der Waals surface area (Å²) in [6, 6.07) is 11.2. The number of thiophene rings is 1. The molecule has 0 unspecified atom stereocenters. The zero-order valence-corrected chi connectivity index (χ0v) is 18.3. The number of methoxy groups -OCH3 is 1. The van der Waals surface area contributed by atoms with E-state index in [0.717, 1.165) is 15.6 Å². The molecular weight excluding hydrogens is 406 g/mol. The molecule has 3 N–H and O–H groups in total. The van der Waals surface area contributed by atoms with E-state index in [1.807, 2.05) is 24.3 Å². The number of amides is 2. The summed E-state index contributed by atoms with van der Waals surface area (Å²) in [5, 5.41) is 6.45. The van der Waals surface area contributed by atoms with Gasteiger partial charge in [0.1, 0.15) is 0 Å². The molecule has 0 saturated carbocycles. The number of carbonyl (C=O) groups excluding carboxylic acids is 2. The summed E-state index contributed by atoms with van der Waals surface area (Å²) in [7, 11) is 1.55. The van der Waals surface area contributed by atoms with Crippen molar-refractivity contribution in [3.63, 3.8) is 0 Å². The maximum Gasteiger partial charge on any atom is 0.265 e. The quantitative estimate of drug-likeness (QED) is 0.317. The topological polar surface area (TPSA) is 79.5 Å². The van der Waals surface area contributed by atoms with Crippen molar-refractivity contribution >= 4 is 63.6 Å². The summed E-state index contributed by atoms with van der Waals surface area (Å²) in [6.45, 7) is 6.28. The molecule has 6 nitrogen and oxygen atoms in total. The highest BCUT2D eigenvalue weighted by atomic mass is 32.1. The average molecular weight is 430 g/mol. The monoisotopic (exact) mass is 429 g/mol. The first-order chi connectivity index (χ1) is 13.8. The molecule has 0 bridgehead atoms. The van der Waals surface area contributed by atoms with Crippen molar-refractivity contribution < 1.29 is 14.3 Å². The van der Waals surface area contributed by atoms with Crippen LogP contribution in [0.25, 0.3) is 10.1 Å². The second kappa shape index (κ2) is 8.34. The Kier molecular flexibility index (Phi) is 6.04. The van der Waals surface area contributed by atoms with E-state index >= 15 is 0 Å². The zero-order chi connectivity index (χ0) is 21.2. The van der Waals surface area contributed by atoms with Gasteiger partial charge in [-0.15, -0.1) is 11.3 Å². The number of thiol groups is 1. The van der Waals surface area contributed by atoms with Crippen LogP contribution in [0.3, 0.4) is 0 Å². The summed E-state index contributed by atoms with van der Waals surface area (Å²) in [5.74, 6) is 0.253. The Morgan fingerprint density at radius 1 is 1.14 bits per heavy atom. The fraction of sp³-hybridized carbons (Fsp3) is 0.238. The van der Waals surface area contributed by atoms with Crippen molar-refractivity contribution in [1.29, 1.82) is 0 Å². The molecule has 29 heavy (non-hydrogen) atoms. The molecule has 0 aliphatic rings. The first-order valence-electron chi connectivity index (χ1n) is 8.95. The molecule has 2 amide bonds. The first-order valence-corrected chi connectivity index (χ1v) is 10.2. The van der Waals surface area contributed by atoms with E-state index in [2.05, 4.69) is 48.9 Å². The van der Waals surface area contributed by atoms with Gasteiger partial charge in [-0.1, -0.05) is 39.7 Å². The molecule has 2 aromatic carbocycles. The Hall–Kier alpha value is -2.71. The molecule has 1 heterocycles. The Labute approximate surface area is 179 Å². The van der Waals surface area contributed by atoms with Gasteiger partial charge in [0.05, 0.1) is 23.4 Å². The minimum atomic E-state index is -0.252. The zero-order valence-electron chi connectivity index (χ0n) is 16.6. The van der Waals surface area contributed by atoms with Crippen LogP contribution in [0.4, 0.5) is 17.1 Å². The summed E-state index contributed by atoms with van der Waals surface area (Å²) >= 11 is 5.53. The third-order valence-electron chi connectivity index (χ3n) is 4.53. The molecule has 152 valence electrons. The molecule has 0 fully saturated rings. The normalized spacial score (nSPS) is 11.2. The van der Waals surface area contributed by atoms with Crippen molar-refractivity contribution in [3.8, 4) is 5.75 Å². The Balaban J connectivity index is 2.01. The smallest absolute Gasteiger partial charge is 0.265 e. The Morgan fingerprint density at radius 3 is 2.48 bits per heavy atom. The molecule has 3 aromatic rings. The lowest BCUT2D eigenvalue weighted by molar-refractivity contribution is -0.105. The minimum absolute atomic E-state index is 0.127. The van der Waals surface area contributed by atoms with Crippen molar-refractivity contribution in [2.24, 2.45) is 0 Å². The van der Waals surface area contributed by atoms with Gasteiger partial charge < -0.3 is 20.1 Å². The largest absolute Gasteiger partial charge is 0.492 e. The van der Waals surface area contributed by atoms with Crippen molar-refractivity contribution in [3.05, 3.63) is 46.8 Å². The summed E-state index contributed by atoms with van der Waals surface area (Å²) in [4.78, 5) is 24.4. The van der Waals surface area contributed by atoms with Gasteiger partial charge in [0.15, 0.2) is 5.75 Å². The third-order valence-corrected chi connectivity index (χ3v) is 5.87. The van der Waals surface area contributed by atoms with Crippen LogP contribution in [0.1, 0.15) is 36.0 Å². The maximum atomic E-state index is 13.0. The molecule has 0 spiro atoms. The second-order valence-electron chi connectivity index (χ2n) is 7.51. The fourth-order valence-corrected chi connectivity index (χ4v) is 4.15. The number of nitrogens with one attached hydrogen (secondary N) is 3. The summed E-state index contributed by atoms with van der Waals surface area (Å²) < 4.78 is 9.26. The van der Waals surface area contributed by atoms with Gasteiger partial charge >= 0.3 is 0 Å². The number of anilines is 3. The minimum Gasteiger partial charge on any atom is -0.492 e. The maximum absolute atomic E-state index is 13.0.